The van der Waals surface area contributed by atoms with Crippen molar-refractivity contribution in [2.75, 3.05) is 18.4 Å². The number of hydrogen-bond acceptors (Lipinski definition) is 2. The van der Waals surface area contributed by atoms with Gasteiger partial charge in [-0.3, -0.25) is 4.79 Å². The minimum absolute atomic E-state index is 0.0982. The second-order valence-electron chi connectivity index (χ2n) is 6.12. The fourth-order valence-electron chi connectivity index (χ4n) is 2.95. The summed E-state index contributed by atoms with van der Waals surface area (Å²) in [6.07, 6.45) is 2.17. The Hall–Kier alpha value is -1.88. The fourth-order valence-corrected chi connectivity index (χ4v) is 3.29. The maximum absolute atomic E-state index is 13.9. The van der Waals surface area contributed by atoms with Crippen molar-refractivity contribution >= 4 is 27.5 Å². The molecule has 1 amide bonds. The van der Waals surface area contributed by atoms with E-state index in [9.17, 15) is 9.18 Å². The van der Waals surface area contributed by atoms with E-state index in [-0.39, 0.29) is 11.7 Å². The highest BCUT2D eigenvalue weighted by molar-refractivity contribution is 9.10. The molecule has 126 valence electrons. The van der Waals surface area contributed by atoms with E-state index in [4.69, 9.17) is 0 Å². The summed E-state index contributed by atoms with van der Waals surface area (Å²) in [5, 5.41) is 3.24. The molecule has 0 atom stereocenters. The molecule has 0 spiro atoms. The summed E-state index contributed by atoms with van der Waals surface area (Å²) < 4.78 is 14.6. The van der Waals surface area contributed by atoms with E-state index >= 15 is 0 Å². The van der Waals surface area contributed by atoms with Gasteiger partial charge < -0.3 is 10.2 Å². The molecule has 1 aliphatic rings. The number of amides is 1. The summed E-state index contributed by atoms with van der Waals surface area (Å²) in [5.41, 5.74) is 3.22. The van der Waals surface area contributed by atoms with Gasteiger partial charge in [0.25, 0.3) is 5.91 Å². The van der Waals surface area contributed by atoms with E-state index in [1.54, 1.807) is 6.07 Å². The number of nitrogens with one attached hydrogen (secondary N) is 1. The van der Waals surface area contributed by atoms with Gasteiger partial charge in [0.05, 0.1) is 0 Å². The lowest BCUT2D eigenvalue weighted by Crippen LogP contribution is -2.27. The van der Waals surface area contributed by atoms with E-state index in [0.717, 1.165) is 47.2 Å². The zero-order chi connectivity index (χ0) is 17.1. The van der Waals surface area contributed by atoms with Crippen LogP contribution in [0.1, 0.15) is 34.3 Å². The minimum atomic E-state index is -0.240. The maximum Gasteiger partial charge on any atom is 0.253 e. The number of aryl methyl sites for hydroxylation is 1. The zero-order valence-electron chi connectivity index (χ0n) is 13.6. The third-order valence-corrected chi connectivity index (χ3v) is 4.84. The van der Waals surface area contributed by atoms with Gasteiger partial charge in [0, 0.05) is 40.9 Å². The molecular formula is C19H20BrFN2O. The van der Waals surface area contributed by atoms with Gasteiger partial charge in [-0.25, -0.2) is 4.39 Å². The van der Waals surface area contributed by atoms with Gasteiger partial charge in [-0.15, -0.1) is 0 Å². The lowest BCUT2D eigenvalue weighted by Gasteiger charge is -2.17. The van der Waals surface area contributed by atoms with E-state index in [1.807, 2.05) is 36.1 Å². The maximum atomic E-state index is 13.9. The van der Waals surface area contributed by atoms with Gasteiger partial charge in [-0.1, -0.05) is 22.0 Å². The number of nitrogens with zero attached hydrogens (tertiary/aromatic N) is 1. The van der Waals surface area contributed by atoms with Gasteiger partial charge in [-0.2, -0.15) is 0 Å². The van der Waals surface area contributed by atoms with Crippen molar-refractivity contribution in [2.45, 2.75) is 26.3 Å². The molecule has 0 saturated carbocycles. The Morgan fingerprint density at radius 3 is 2.62 bits per heavy atom. The highest BCUT2D eigenvalue weighted by Gasteiger charge is 2.19. The highest BCUT2D eigenvalue weighted by Crippen LogP contribution is 2.21. The first-order chi connectivity index (χ1) is 11.5. The minimum Gasteiger partial charge on any atom is -0.381 e. The van der Waals surface area contributed by atoms with E-state index in [2.05, 4.69) is 21.2 Å². The van der Waals surface area contributed by atoms with Crippen LogP contribution in [0.3, 0.4) is 0 Å². The standard InChI is InChI=1S/C19H20BrFN2O/c1-13-10-14(19(24)23-8-2-3-9-23)5-7-18(13)22-12-15-4-6-16(20)11-17(15)21/h4-7,10-11,22H,2-3,8-9,12H2,1H3. The molecule has 24 heavy (non-hydrogen) atoms. The molecule has 1 N–H and O–H groups in total. The summed E-state index contributed by atoms with van der Waals surface area (Å²) in [7, 11) is 0. The molecule has 2 aromatic carbocycles. The SMILES string of the molecule is Cc1cc(C(=O)N2CCCC2)ccc1NCc1ccc(Br)cc1F. The Balaban J connectivity index is 1.69. The molecule has 1 aliphatic heterocycles. The largest absolute Gasteiger partial charge is 0.381 e. The van der Waals surface area contributed by atoms with Crippen molar-refractivity contribution < 1.29 is 9.18 Å². The molecule has 5 heteroatoms. The summed E-state index contributed by atoms with van der Waals surface area (Å²) in [4.78, 5) is 14.3. The molecule has 3 nitrogen and oxygen atoms in total. The molecule has 0 aliphatic carbocycles. The second-order valence-corrected chi connectivity index (χ2v) is 7.03. The topological polar surface area (TPSA) is 32.3 Å². The Bertz CT molecular complexity index is 757. The third kappa shape index (κ3) is 3.78. The van der Waals surface area contributed by atoms with Crippen LogP contribution in [0.25, 0.3) is 0 Å². The monoisotopic (exact) mass is 390 g/mol. The average molecular weight is 391 g/mol. The summed E-state index contributed by atoms with van der Waals surface area (Å²) in [6, 6.07) is 10.7. The van der Waals surface area contributed by atoms with Crippen molar-refractivity contribution in [3.63, 3.8) is 0 Å². The van der Waals surface area contributed by atoms with Crippen molar-refractivity contribution in [1.82, 2.24) is 4.90 Å². The lowest BCUT2D eigenvalue weighted by atomic mass is 10.1. The number of anilines is 1. The number of carbonyl (C=O) groups excluding carboxylic acids is 1. The van der Waals surface area contributed by atoms with E-state index < -0.39 is 0 Å². The van der Waals surface area contributed by atoms with Crippen molar-refractivity contribution in [1.29, 1.82) is 0 Å². The van der Waals surface area contributed by atoms with Crippen LogP contribution in [-0.4, -0.2) is 23.9 Å². The third-order valence-electron chi connectivity index (χ3n) is 4.35. The predicted molar refractivity (Wildman–Crippen MR) is 97.7 cm³/mol. The van der Waals surface area contributed by atoms with Crippen LogP contribution < -0.4 is 5.32 Å². The Morgan fingerprint density at radius 2 is 1.96 bits per heavy atom. The van der Waals surface area contributed by atoms with Gasteiger partial charge in [0.1, 0.15) is 5.82 Å². The second kappa shape index (κ2) is 7.34. The Kier molecular flexibility index (Phi) is 5.19. The first-order valence-corrected chi connectivity index (χ1v) is 8.91. The number of benzene rings is 2. The molecule has 0 aromatic heterocycles. The quantitative estimate of drug-likeness (QED) is 0.816. The van der Waals surface area contributed by atoms with Gasteiger partial charge >= 0.3 is 0 Å². The number of hydrogen-bond donors (Lipinski definition) is 1. The van der Waals surface area contributed by atoms with Crippen LogP contribution in [0.15, 0.2) is 40.9 Å². The molecule has 2 aromatic rings. The van der Waals surface area contributed by atoms with Crippen LogP contribution in [-0.2, 0) is 6.54 Å². The van der Waals surface area contributed by atoms with Crippen molar-refractivity contribution in [2.24, 2.45) is 0 Å². The Labute approximate surface area is 150 Å². The van der Waals surface area contributed by atoms with Crippen LogP contribution in [0.2, 0.25) is 0 Å². The lowest BCUT2D eigenvalue weighted by molar-refractivity contribution is 0.0793. The number of likely N-dealkylation sites (tertiary alicyclic amines) is 1. The molecule has 1 saturated heterocycles. The molecule has 1 fully saturated rings. The van der Waals surface area contributed by atoms with Crippen molar-refractivity contribution in [3.05, 3.63) is 63.4 Å². The Morgan fingerprint density at radius 1 is 1.21 bits per heavy atom. The van der Waals surface area contributed by atoms with Crippen LogP contribution in [0.4, 0.5) is 10.1 Å². The first kappa shape index (κ1) is 17.0. The van der Waals surface area contributed by atoms with E-state index in [1.165, 1.54) is 6.07 Å². The van der Waals surface area contributed by atoms with Crippen LogP contribution in [0.5, 0.6) is 0 Å². The van der Waals surface area contributed by atoms with Gasteiger partial charge in [0.2, 0.25) is 0 Å². The summed E-state index contributed by atoms with van der Waals surface area (Å²) >= 11 is 3.26. The van der Waals surface area contributed by atoms with Crippen molar-refractivity contribution in [3.8, 4) is 0 Å². The highest BCUT2D eigenvalue weighted by atomic mass is 79.9. The smallest absolute Gasteiger partial charge is 0.253 e. The van der Waals surface area contributed by atoms with Gasteiger partial charge in [0.15, 0.2) is 0 Å². The summed E-state index contributed by atoms with van der Waals surface area (Å²) in [5.74, 6) is -0.142. The molecular weight excluding hydrogens is 371 g/mol. The normalized spacial score (nSPS) is 14.0. The summed E-state index contributed by atoms with van der Waals surface area (Å²) in [6.45, 7) is 4.06. The number of rotatable bonds is 4. The zero-order valence-corrected chi connectivity index (χ0v) is 15.2. The molecule has 1 heterocycles. The van der Waals surface area contributed by atoms with Gasteiger partial charge in [-0.05, 0) is 55.7 Å². The van der Waals surface area contributed by atoms with E-state index in [0.29, 0.717) is 12.1 Å². The molecule has 0 bridgehead atoms. The molecule has 3 rings (SSSR count). The molecule has 0 unspecified atom stereocenters. The molecule has 0 radical (unpaired) electrons. The van der Waals surface area contributed by atoms with Crippen LogP contribution >= 0.6 is 15.9 Å². The first-order valence-electron chi connectivity index (χ1n) is 8.12. The predicted octanol–water partition coefficient (Wildman–Crippen LogP) is 4.74. The fraction of sp³-hybridized carbons (Fsp3) is 0.316. The number of carbonyl (C=O) groups is 1. The van der Waals surface area contributed by atoms with Crippen LogP contribution in [0, 0.1) is 12.7 Å². The average Bonchev–Trinajstić information content (AvgIpc) is 3.09. The number of halogens is 2.